The van der Waals surface area contributed by atoms with Crippen LogP contribution in [0.2, 0.25) is 0 Å². The zero-order chi connectivity index (χ0) is 11.1. The standard InChI is InChI=1S/C10H9NO3S.K.H/c11-8-5-4-7-2-1-3-10(9(7)6-8)15(12,13)14;;/h1-6H,11H2,(H,12,13,14);;. The minimum absolute atomic E-state index is 0. The molecule has 2 aromatic rings. The number of nitrogens with two attached hydrogens (primary N) is 1. The van der Waals surface area contributed by atoms with Gasteiger partial charge in [-0.1, -0.05) is 18.2 Å². The van der Waals surface area contributed by atoms with Gasteiger partial charge in [-0.2, -0.15) is 8.42 Å². The molecular formula is C10H10KNO3S. The van der Waals surface area contributed by atoms with Crippen molar-refractivity contribution in [1.29, 1.82) is 0 Å². The molecule has 0 saturated carbocycles. The molecule has 0 atom stereocenters. The third-order valence-electron chi connectivity index (χ3n) is 2.14. The Balaban J connectivity index is 0.00000128. The second-order valence-corrected chi connectivity index (χ2v) is 4.60. The van der Waals surface area contributed by atoms with Crippen molar-refractivity contribution in [1.82, 2.24) is 0 Å². The van der Waals surface area contributed by atoms with E-state index in [0.717, 1.165) is 5.39 Å². The molecule has 3 N–H and O–H groups in total. The van der Waals surface area contributed by atoms with E-state index >= 15 is 0 Å². The molecule has 0 amide bonds. The monoisotopic (exact) mass is 263 g/mol. The van der Waals surface area contributed by atoms with Crippen LogP contribution in [0.5, 0.6) is 0 Å². The van der Waals surface area contributed by atoms with Crippen LogP contribution >= 0.6 is 0 Å². The van der Waals surface area contributed by atoms with Gasteiger partial charge in [0.05, 0.1) is 0 Å². The second kappa shape index (κ2) is 5.13. The number of hydrogen-bond acceptors (Lipinski definition) is 3. The summed E-state index contributed by atoms with van der Waals surface area (Å²) in [7, 11) is -4.20. The van der Waals surface area contributed by atoms with Crippen molar-refractivity contribution in [2.24, 2.45) is 0 Å². The minimum atomic E-state index is -4.20. The number of anilines is 1. The summed E-state index contributed by atoms with van der Waals surface area (Å²) in [4.78, 5) is -0.118. The summed E-state index contributed by atoms with van der Waals surface area (Å²) < 4.78 is 31.2. The molecule has 0 aromatic heterocycles. The van der Waals surface area contributed by atoms with Gasteiger partial charge in [-0.3, -0.25) is 4.55 Å². The Labute approximate surface area is 136 Å². The van der Waals surface area contributed by atoms with Crippen LogP contribution in [0.4, 0.5) is 5.69 Å². The average Bonchev–Trinajstić information content (AvgIpc) is 2.15. The molecule has 16 heavy (non-hydrogen) atoms. The molecule has 2 rings (SSSR count). The van der Waals surface area contributed by atoms with E-state index in [9.17, 15) is 8.42 Å². The maximum absolute atomic E-state index is 11.1. The molecule has 0 fully saturated rings. The van der Waals surface area contributed by atoms with Crippen molar-refractivity contribution < 1.29 is 13.0 Å². The number of fused-ring (bicyclic) bond motifs is 1. The van der Waals surface area contributed by atoms with Gasteiger partial charge in [0.15, 0.2) is 0 Å². The Bertz CT molecular complexity index is 625. The fourth-order valence-electron chi connectivity index (χ4n) is 1.49. The van der Waals surface area contributed by atoms with Crippen molar-refractivity contribution >= 4 is 78.0 Å². The molecule has 6 heteroatoms. The normalized spacial score (nSPS) is 11.1. The maximum atomic E-state index is 11.1. The fourth-order valence-corrected chi connectivity index (χ4v) is 2.19. The summed E-state index contributed by atoms with van der Waals surface area (Å²) in [6, 6.07) is 9.58. The first kappa shape index (κ1) is 14.1. The van der Waals surface area contributed by atoms with Crippen molar-refractivity contribution in [2.45, 2.75) is 4.90 Å². The predicted molar refractivity (Wildman–Crippen MR) is 65.3 cm³/mol. The van der Waals surface area contributed by atoms with E-state index in [1.807, 2.05) is 0 Å². The predicted octanol–water partition coefficient (Wildman–Crippen LogP) is 1.02. The van der Waals surface area contributed by atoms with Crippen molar-refractivity contribution in [3.63, 3.8) is 0 Å². The van der Waals surface area contributed by atoms with Gasteiger partial charge in [0.1, 0.15) is 4.90 Å². The number of hydrogen-bond donors (Lipinski definition) is 2. The van der Waals surface area contributed by atoms with E-state index in [1.54, 1.807) is 24.3 Å². The molecule has 4 nitrogen and oxygen atoms in total. The van der Waals surface area contributed by atoms with Gasteiger partial charge in [-0.05, 0) is 23.6 Å². The number of nitrogen functional groups attached to an aromatic ring is 1. The summed E-state index contributed by atoms with van der Waals surface area (Å²) in [5, 5.41) is 1.15. The van der Waals surface area contributed by atoms with Gasteiger partial charge in [-0.15, -0.1) is 0 Å². The molecule has 0 aliphatic heterocycles. The van der Waals surface area contributed by atoms with E-state index in [-0.39, 0.29) is 56.3 Å². The molecule has 0 aliphatic rings. The molecule has 2 aromatic carbocycles. The molecule has 0 spiro atoms. The third-order valence-corrected chi connectivity index (χ3v) is 3.06. The fraction of sp³-hybridized carbons (Fsp3) is 0. The van der Waals surface area contributed by atoms with Crippen LogP contribution < -0.4 is 5.73 Å². The van der Waals surface area contributed by atoms with Crippen LogP contribution in [0, 0.1) is 0 Å². The van der Waals surface area contributed by atoms with Gasteiger partial charge in [-0.25, -0.2) is 0 Å². The van der Waals surface area contributed by atoms with Gasteiger partial charge >= 0.3 is 51.4 Å². The van der Waals surface area contributed by atoms with Crippen LogP contribution in [-0.2, 0) is 10.1 Å². The van der Waals surface area contributed by atoms with Crippen LogP contribution in [0.3, 0.4) is 0 Å². The summed E-state index contributed by atoms with van der Waals surface area (Å²) in [5.74, 6) is 0. The van der Waals surface area contributed by atoms with Crippen LogP contribution in [-0.4, -0.2) is 64.4 Å². The van der Waals surface area contributed by atoms with E-state index in [0.29, 0.717) is 11.1 Å². The summed E-state index contributed by atoms with van der Waals surface area (Å²) in [5.41, 5.74) is 6.02. The van der Waals surface area contributed by atoms with Gasteiger partial charge in [0.2, 0.25) is 0 Å². The first-order chi connectivity index (χ1) is 6.98. The Hall–Kier alpha value is 0.0464. The average molecular weight is 263 g/mol. The Morgan fingerprint density at radius 3 is 2.44 bits per heavy atom. The summed E-state index contributed by atoms with van der Waals surface area (Å²) in [6.45, 7) is 0. The first-order valence-electron chi connectivity index (χ1n) is 4.24. The van der Waals surface area contributed by atoms with E-state index in [1.165, 1.54) is 12.1 Å². The second-order valence-electron chi connectivity index (χ2n) is 3.21. The zero-order valence-corrected chi connectivity index (χ0v) is 8.53. The Morgan fingerprint density at radius 1 is 1.12 bits per heavy atom. The zero-order valence-electron chi connectivity index (χ0n) is 7.71. The SMILES string of the molecule is Nc1ccc2cccc(S(=O)(=O)O)c2c1.[KH]. The third kappa shape index (κ3) is 2.83. The van der Waals surface area contributed by atoms with Crippen molar-refractivity contribution in [3.05, 3.63) is 36.4 Å². The van der Waals surface area contributed by atoms with Gasteiger partial charge < -0.3 is 5.73 Å². The molecule has 0 aliphatic carbocycles. The van der Waals surface area contributed by atoms with Gasteiger partial charge in [0, 0.05) is 11.1 Å². The van der Waals surface area contributed by atoms with Crippen molar-refractivity contribution in [3.8, 4) is 0 Å². The van der Waals surface area contributed by atoms with Gasteiger partial charge in [0.25, 0.3) is 10.1 Å². The quantitative estimate of drug-likeness (QED) is 0.457. The summed E-state index contributed by atoms with van der Waals surface area (Å²) in [6.07, 6.45) is 0. The first-order valence-corrected chi connectivity index (χ1v) is 5.68. The molecule has 0 heterocycles. The number of rotatable bonds is 1. The molecule has 80 valence electrons. The Kier molecular flexibility index (Phi) is 4.53. The molecule has 0 radical (unpaired) electrons. The van der Waals surface area contributed by atoms with Crippen LogP contribution in [0.1, 0.15) is 0 Å². The Morgan fingerprint density at radius 2 is 1.81 bits per heavy atom. The molecular weight excluding hydrogens is 253 g/mol. The van der Waals surface area contributed by atoms with E-state index in [4.69, 9.17) is 10.3 Å². The topological polar surface area (TPSA) is 80.4 Å². The van der Waals surface area contributed by atoms with E-state index < -0.39 is 10.1 Å². The van der Waals surface area contributed by atoms with Crippen LogP contribution in [0.25, 0.3) is 10.8 Å². The molecule has 0 unspecified atom stereocenters. The van der Waals surface area contributed by atoms with E-state index in [2.05, 4.69) is 0 Å². The molecule has 0 bridgehead atoms. The number of benzene rings is 2. The molecule has 0 saturated heterocycles. The van der Waals surface area contributed by atoms with Crippen LogP contribution in [0.15, 0.2) is 41.3 Å². The van der Waals surface area contributed by atoms with Crippen molar-refractivity contribution in [2.75, 3.05) is 5.73 Å². The summed E-state index contributed by atoms with van der Waals surface area (Å²) >= 11 is 0.